The van der Waals surface area contributed by atoms with Crippen molar-refractivity contribution in [2.45, 2.75) is 0 Å². The van der Waals surface area contributed by atoms with E-state index in [0.29, 0.717) is 27.7 Å². The van der Waals surface area contributed by atoms with E-state index in [2.05, 4.69) is 9.98 Å². The Morgan fingerprint density at radius 2 is 2.23 bits per heavy atom. The molecule has 0 amide bonds. The van der Waals surface area contributed by atoms with Gasteiger partial charge in [0.05, 0.1) is 18.4 Å². The van der Waals surface area contributed by atoms with Crippen LogP contribution < -0.4 is 21.8 Å². The van der Waals surface area contributed by atoms with Gasteiger partial charge < -0.3 is 20.6 Å². The average Bonchev–Trinajstić information content (AvgIpc) is 2.93. The van der Waals surface area contributed by atoms with E-state index in [4.69, 9.17) is 20.6 Å². The molecule has 0 radical (unpaired) electrons. The molecule has 3 rings (SSSR count). The van der Waals surface area contributed by atoms with E-state index in [1.54, 1.807) is 17.5 Å². The fourth-order valence-electron chi connectivity index (χ4n) is 2.01. The minimum Gasteiger partial charge on any atom is -0.493 e. The van der Waals surface area contributed by atoms with Crippen molar-refractivity contribution in [1.29, 1.82) is 0 Å². The maximum atomic E-state index is 12.2. The number of hydrogen-bond acceptors (Lipinski definition) is 6. The Morgan fingerprint density at radius 1 is 1.41 bits per heavy atom. The van der Waals surface area contributed by atoms with Gasteiger partial charge in [-0.2, -0.15) is 4.99 Å². The highest BCUT2D eigenvalue weighted by atomic mass is 32.1. The maximum absolute atomic E-state index is 12.2. The molecule has 2 aromatic heterocycles. The molecule has 0 aliphatic heterocycles. The van der Waals surface area contributed by atoms with E-state index < -0.39 is 5.63 Å². The van der Waals surface area contributed by atoms with Gasteiger partial charge in [0.2, 0.25) is 5.13 Å². The van der Waals surface area contributed by atoms with Gasteiger partial charge in [0.25, 0.3) is 0 Å². The predicted octanol–water partition coefficient (Wildman–Crippen LogP) is 1.83. The summed E-state index contributed by atoms with van der Waals surface area (Å²) in [5.41, 5.74) is 11.3. The SMILES string of the molecule is COc1cccc2cc(-c3csc(N=C(N)N)n3)c(=O)oc12. The number of nitrogens with two attached hydrogens (primary N) is 2. The first kappa shape index (κ1) is 14.1. The number of methoxy groups -OCH3 is 1. The van der Waals surface area contributed by atoms with E-state index in [9.17, 15) is 4.79 Å². The van der Waals surface area contributed by atoms with Crippen molar-refractivity contribution in [3.8, 4) is 17.0 Å². The third kappa shape index (κ3) is 2.51. The quantitative estimate of drug-likeness (QED) is 0.432. The fraction of sp³-hybridized carbons (Fsp3) is 0.0714. The standard InChI is InChI=1S/C14H12N4O3S/c1-20-10-4-2-3-7-5-8(12(19)21-11(7)10)9-6-22-14(17-9)18-13(15)16/h2-6H,1H3,(H4,15,16,17,18). The zero-order valence-corrected chi connectivity index (χ0v) is 12.4. The number of nitrogens with zero attached hydrogens (tertiary/aromatic N) is 2. The van der Waals surface area contributed by atoms with Crippen molar-refractivity contribution in [2.75, 3.05) is 7.11 Å². The second-order valence-corrected chi connectivity index (χ2v) is 5.21. The van der Waals surface area contributed by atoms with Gasteiger partial charge >= 0.3 is 5.63 Å². The third-order valence-corrected chi connectivity index (χ3v) is 3.67. The van der Waals surface area contributed by atoms with E-state index in [1.165, 1.54) is 18.4 Å². The highest BCUT2D eigenvalue weighted by Gasteiger charge is 2.13. The van der Waals surface area contributed by atoms with Crippen molar-refractivity contribution in [1.82, 2.24) is 4.98 Å². The summed E-state index contributed by atoms with van der Waals surface area (Å²) in [7, 11) is 1.52. The number of para-hydroxylation sites is 1. The third-order valence-electron chi connectivity index (χ3n) is 2.94. The molecule has 0 fully saturated rings. The number of guanidine groups is 1. The van der Waals surface area contributed by atoms with Crippen LogP contribution in [0.15, 0.2) is 43.8 Å². The lowest BCUT2D eigenvalue weighted by molar-refractivity contribution is 0.407. The molecule has 1 aromatic carbocycles. The zero-order valence-electron chi connectivity index (χ0n) is 11.6. The smallest absolute Gasteiger partial charge is 0.345 e. The molecule has 4 N–H and O–H groups in total. The molecule has 0 saturated carbocycles. The van der Waals surface area contributed by atoms with Crippen LogP contribution in [-0.4, -0.2) is 18.1 Å². The number of aromatic nitrogens is 1. The largest absolute Gasteiger partial charge is 0.493 e. The van der Waals surface area contributed by atoms with Gasteiger partial charge in [0, 0.05) is 10.8 Å². The highest BCUT2D eigenvalue weighted by molar-refractivity contribution is 7.13. The van der Waals surface area contributed by atoms with Gasteiger partial charge in [0.15, 0.2) is 17.3 Å². The first-order chi connectivity index (χ1) is 10.6. The van der Waals surface area contributed by atoms with Crippen LogP contribution in [0.5, 0.6) is 5.75 Å². The average molecular weight is 316 g/mol. The molecule has 3 aromatic rings. The number of thiazole rings is 1. The monoisotopic (exact) mass is 316 g/mol. The number of benzene rings is 1. The second kappa shape index (κ2) is 5.49. The lowest BCUT2D eigenvalue weighted by atomic mass is 10.1. The summed E-state index contributed by atoms with van der Waals surface area (Å²) in [6.45, 7) is 0. The van der Waals surface area contributed by atoms with Gasteiger partial charge in [-0.3, -0.25) is 0 Å². The summed E-state index contributed by atoms with van der Waals surface area (Å²) in [4.78, 5) is 20.3. The van der Waals surface area contributed by atoms with E-state index in [1.807, 2.05) is 12.1 Å². The molecule has 0 saturated heterocycles. The number of hydrogen-bond donors (Lipinski definition) is 2. The first-order valence-electron chi connectivity index (χ1n) is 6.25. The van der Waals surface area contributed by atoms with Crippen molar-refractivity contribution < 1.29 is 9.15 Å². The van der Waals surface area contributed by atoms with Crippen molar-refractivity contribution in [3.05, 3.63) is 40.1 Å². The molecule has 7 nitrogen and oxygen atoms in total. The van der Waals surface area contributed by atoms with Crippen LogP contribution >= 0.6 is 11.3 Å². The normalized spacial score (nSPS) is 10.6. The van der Waals surface area contributed by atoms with E-state index in [-0.39, 0.29) is 5.96 Å². The molecule has 0 atom stereocenters. The Kier molecular flexibility index (Phi) is 3.51. The van der Waals surface area contributed by atoms with Crippen LogP contribution in [0.25, 0.3) is 22.2 Å². The molecular formula is C14H12N4O3S. The number of aliphatic imine (C=N–C) groups is 1. The number of rotatable bonds is 3. The van der Waals surface area contributed by atoms with Crippen LogP contribution in [0.3, 0.4) is 0 Å². The molecule has 0 unspecified atom stereocenters. The first-order valence-corrected chi connectivity index (χ1v) is 7.13. The summed E-state index contributed by atoms with van der Waals surface area (Å²) in [6, 6.07) is 7.08. The van der Waals surface area contributed by atoms with Gasteiger partial charge in [-0.25, -0.2) is 9.78 Å². The molecular weight excluding hydrogens is 304 g/mol. The van der Waals surface area contributed by atoms with Crippen molar-refractivity contribution >= 4 is 33.4 Å². The predicted molar refractivity (Wildman–Crippen MR) is 85.6 cm³/mol. The highest BCUT2D eigenvalue weighted by Crippen LogP contribution is 2.29. The van der Waals surface area contributed by atoms with Gasteiger partial charge in [-0.05, 0) is 12.1 Å². The summed E-state index contributed by atoms with van der Waals surface area (Å²) in [5, 5.41) is 2.81. The van der Waals surface area contributed by atoms with Gasteiger partial charge in [-0.1, -0.05) is 12.1 Å². The zero-order chi connectivity index (χ0) is 15.7. The van der Waals surface area contributed by atoms with E-state index in [0.717, 1.165) is 5.39 Å². The Labute approximate surface area is 128 Å². The molecule has 0 spiro atoms. The molecule has 8 heteroatoms. The molecule has 0 aliphatic rings. The van der Waals surface area contributed by atoms with Crippen molar-refractivity contribution in [3.63, 3.8) is 0 Å². The van der Waals surface area contributed by atoms with Gasteiger partial charge in [-0.15, -0.1) is 11.3 Å². The lowest BCUT2D eigenvalue weighted by Crippen LogP contribution is -2.21. The summed E-state index contributed by atoms with van der Waals surface area (Å²) >= 11 is 1.23. The molecule has 0 bridgehead atoms. The second-order valence-electron chi connectivity index (χ2n) is 4.38. The van der Waals surface area contributed by atoms with Crippen LogP contribution in [0.2, 0.25) is 0 Å². The Hall–Kier alpha value is -2.87. The van der Waals surface area contributed by atoms with Crippen molar-refractivity contribution in [2.24, 2.45) is 16.5 Å². The molecule has 22 heavy (non-hydrogen) atoms. The Morgan fingerprint density at radius 3 is 2.95 bits per heavy atom. The van der Waals surface area contributed by atoms with Crippen LogP contribution in [0, 0.1) is 0 Å². The Bertz CT molecular complexity index is 925. The number of fused-ring (bicyclic) bond motifs is 1. The van der Waals surface area contributed by atoms with Crippen LogP contribution in [0.4, 0.5) is 5.13 Å². The number of ether oxygens (including phenoxy) is 1. The minimum atomic E-state index is -0.501. The summed E-state index contributed by atoms with van der Waals surface area (Å²) < 4.78 is 10.5. The maximum Gasteiger partial charge on any atom is 0.345 e. The molecule has 112 valence electrons. The lowest BCUT2D eigenvalue weighted by Gasteiger charge is -2.04. The topological polar surface area (TPSA) is 117 Å². The minimum absolute atomic E-state index is 0.0869. The van der Waals surface area contributed by atoms with Gasteiger partial charge in [0.1, 0.15) is 0 Å². The Balaban J connectivity index is 2.15. The molecule has 2 heterocycles. The summed E-state index contributed by atoms with van der Waals surface area (Å²) in [6.07, 6.45) is 0. The summed E-state index contributed by atoms with van der Waals surface area (Å²) in [5.74, 6) is 0.414. The van der Waals surface area contributed by atoms with E-state index >= 15 is 0 Å². The van der Waals surface area contributed by atoms with Crippen LogP contribution in [0.1, 0.15) is 0 Å². The fourth-order valence-corrected chi connectivity index (χ4v) is 2.71. The molecule has 0 aliphatic carbocycles. The van der Waals surface area contributed by atoms with Crippen LogP contribution in [-0.2, 0) is 0 Å².